The van der Waals surface area contributed by atoms with E-state index in [9.17, 15) is 9.59 Å². The van der Waals surface area contributed by atoms with Crippen LogP contribution in [-0.2, 0) is 4.74 Å². The van der Waals surface area contributed by atoms with E-state index in [1.807, 2.05) is 12.1 Å². The number of methoxy groups -OCH3 is 1. The molecule has 4 aromatic rings. The monoisotopic (exact) mass is 424 g/mol. The van der Waals surface area contributed by atoms with Crippen LogP contribution in [0.2, 0.25) is 10.0 Å². The van der Waals surface area contributed by atoms with Gasteiger partial charge in [0, 0.05) is 18.0 Å². The minimum absolute atomic E-state index is 0.171. The van der Waals surface area contributed by atoms with Crippen LogP contribution in [0.15, 0.2) is 67.0 Å². The molecule has 7 heteroatoms. The summed E-state index contributed by atoms with van der Waals surface area (Å²) in [5, 5.41) is 0.587. The molecular weight excluding hydrogens is 411 g/mol. The first-order valence-electron chi connectivity index (χ1n) is 8.65. The summed E-state index contributed by atoms with van der Waals surface area (Å²) in [6, 6.07) is 15.3. The number of halogens is 2. The van der Waals surface area contributed by atoms with Crippen molar-refractivity contribution in [3.63, 3.8) is 0 Å². The number of ketones is 1. The third-order valence-electron chi connectivity index (χ3n) is 4.55. The summed E-state index contributed by atoms with van der Waals surface area (Å²) in [6.07, 6.45) is 3.40. The number of fused-ring (bicyclic) bond motifs is 1. The first-order valence-corrected chi connectivity index (χ1v) is 9.41. The molecule has 4 rings (SSSR count). The van der Waals surface area contributed by atoms with Gasteiger partial charge in [0.1, 0.15) is 0 Å². The first kappa shape index (κ1) is 19.2. The van der Waals surface area contributed by atoms with Crippen molar-refractivity contribution in [2.24, 2.45) is 0 Å². The molecule has 5 nitrogen and oxygen atoms in total. The van der Waals surface area contributed by atoms with Gasteiger partial charge in [-0.05, 0) is 42.5 Å². The average molecular weight is 425 g/mol. The molecule has 0 fully saturated rings. The number of aromatic nitrogens is 2. The quantitative estimate of drug-likeness (QED) is 0.328. The highest BCUT2D eigenvalue weighted by molar-refractivity contribution is 6.42. The van der Waals surface area contributed by atoms with Crippen LogP contribution in [0.4, 0.5) is 0 Å². The number of pyridine rings is 2. The molecule has 0 spiro atoms. The van der Waals surface area contributed by atoms with Gasteiger partial charge in [0.2, 0.25) is 0 Å². The minimum atomic E-state index is -0.612. The van der Waals surface area contributed by atoms with Gasteiger partial charge in [0.25, 0.3) is 0 Å². The molecule has 1 aromatic carbocycles. The van der Waals surface area contributed by atoms with E-state index in [0.717, 1.165) is 0 Å². The highest BCUT2D eigenvalue weighted by atomic mass is 35.5. The van der Waals surface area contributed by atoms with Crippen LogP contribution in [0.5, 0.6) is 0 Å². The fourth-order valence-electron chi connectivity index (χ4n) is 3.27. The fourth-order valence-corrected chi connectivity index (χ4v) is 3.57. The van der Waals surface area contributed by atoms with Gasteiger partial charge in [-0.3, -0.25) is 9.78 Å². The number of carbonyl (C=O) groups excluding carboxylic acids is 2. The lowest BCUT2D eigenvalue weighted by atomic mass is 9.97. The van der Waals surface area contributed by atoms with Crippen LogP contribution in [0.3, 0.4) is 0 Å². The number of benzene rings is 1. The van der Waals surface area contributed by atoms with E-state index in [2.05, 4.69) is 4.98 Å². The molecule has 0 aliphatic rings. The lowest BCUT2D eigenvalue weighted by Gasteiger charge is -2.08. The Morgan fingerprint density at radius 3 is 2.45 bits per heavy atom. The molecule has 0 radical (unpaired) electrons. The third kappa shape index (κ3) is 3.28. The number of ether oxygens (including phenoxy) is 1. The van der Waals surface area contributed by atoms with Gasteiger partial charge in [0.15, 0.2) is 5.78 Å². The number of esters is 1. The Balaban J connectivity index is 2.09. The number of hydrogen-bond donors (Lipinski definition) is 0. The Bertz CT molecular complexity index is 1250. The van der Waals surface area contributed by atoms with Gasteiger partial charge >= 0.3 is 5.97 Å². The molecule has 0 unspecified atom stereocenters. The lowest BCUT2D eigenvalue weighted by molar-refractivity contribution is 0.0600. The largest absolute Gasteiger partial charge is 0.465 e. The van der Waals surface area contributed by atoms with Crippen molar-refractivity contribution in [3.8, 4) is 11.4 Å². The molecular formula is C22H14Cl2N2O3. The maximum Gasteiger partial charge on any atom is 0.340 e. The van der Waals surface area contributed by atoms with Crippen LogP contribution < -0.4 is 0 Å². The molecule has 0 saturated heterocycles. The van der Waals surface area contributed by atoms with Gasteiger partial charge in [0.05, 0.1) is 45.2 Å². The average Bonchev–Trinajstić information content (AvgIpc) is 3.10. The van der Waals surface area contributed by atoms with Crippen molar-refractivity contribution in [1.29, 1.82) is 0 Å². The normalized spacial score (nSPS) is 10.9. The van der Waals surface area contributed by atoms with Crippen LogP contribution in [0, 0.1) is 0 Å². The van der Waals surface area contributed by atoms with Gasteiger partial charge in [-0.1, -0.05) is 35.3 Å². The van der Waals surface area contributed by atoms with Crippen molar-refractivity contribution in [2.75, 3.05) is 7.11 Å². The molecule has 0 amide bonds. The summed E-state index contributed by atoms with van der Waals surface area (Å²) >= 11 is 12.1. The standard InChI is InChI=1S/C22H14Cl2N2O3/c1-29-22(28)18-17-7-3-5-11-26(17)20(16-6-2-4-10-25-16)19(18)21(27)13-8-9-14(23)15(24)12-13/h2-12H,1H3. The lowest BCUT2D eigenvalue weighted by Crippen LogP contribution is -2.10. The molecule has 144 valence electrons. The van der Waals surface area contributed by atoms with Crippen molar-refractivity contribution >= 4 is 40.5 Å². The van der Waals surface area contributed by atoms with E-state index in [1.54, 1.807) is 53.2 Å². The second-order valence-electron chi connectivity index (χ2n) is 6.22. The predicted molar refractivity (Wildman–Crippen MR) is 112 cm³/mol. The van der Waals surface area contributed by atoms with E-state index in [1.165, 1.54) is 13.2 Å². The molecule has 0 atom stereocenters. The SMILES string of the molecule is COC(=O)c1c(C(=O)c2ccc(Cl)c(Cl)c2)c(-c2ccccn2)n2ccccc12. The molecule has 0 bridgehead atoms. The Morgan fingerprint density at radius 1 is 0.966 bits per heavy atom. The van der Waals surface area contributed by atoms with Gasteiger partial charge in [-0.25, -0.2) is 4.79 Å². The second kappa shape index (κ2) is 7.70. The van der Waals surface area contributed by atoms with Crippen molar-refractivity contribution in [3.05, 3.63) is 93.7 Å². The minimum Gasteiger partial charge on any atom is -0.465 e. The highest BCUT2D eigenvalue weighted by Crippen LogP contribution is 2.34. The maximum atomic E-state index is 13.6. The predicted octanol–water partition coefficient (Wildman–Crippen LogP) is 5.33. The fraction of sp³-hybridized carbons (Fsp3) is 0.0455. The smallest absolute Gasteiger partial charge is 0.340 e. The highest BCUT2D eigenvalue weighted by Gasteiger charge is 2.30. The van der Waals surface area contributed by atoms with Crippen LogP contribution in [0.1, 0.15) is 26.3 Å². The van der Waals surface area contributed by atoms with E-state index in [0.29, 0.717) is 27.5 Å². The summed E-state index contributed by atoms with van der Waals surface area (Å²) in [5.41, 5.74) is 2.26. The summed E-state index contributed by atoms with van der Waals surface area (Å²) < 4.78 is 6.75. The number of carbonyl (C=O) groups is 2. The molecule has 3 heterocycles. The van der Waals surface area contributed by atoms with Gasteiger partial charge in [-0.2, -0.15) is 0 Å². The Labute approximate surface area is 176 Å². The summed E-state index contributed by atoms with van der Waals surface area (Å²) in [6.45, 7) is 0. The van der Waals surface area contributed by atoms with Crippen LogP contribution in [0.25, 0.3) is 16.9 Å². The topological polar surface area (TPSA) is 60.7 Å². The summed E-state index contributed by atoms with van der Waals surface area (Å²) in [5.74, 6) is -0.993. The van der Waals surface area contributed by atoms with Crippen molar-refractivity contribution in [1.82, 2.24) is 9.38 Å². The Hall–Kier alpha value is -3.15. The molecule has 3 aromatic heterocycles. The Kier molecular flexibility index (Phi) is 5.09. The second-order valence-corrected chi connectivity index (χ2v) is 7.03. The van der Waals surface area contributed by atoms with Gasteiger partial charge in [-0.15, -0.1) is 0 Å². The van der Waals surface area contributed by atoms with Gasteiger partial charge < -0.3 is 9.14 Å². The van der Waals surface area contributed by atoms with Crippen LogP contribution in [-0.4, -0.2) is 28.2 Å². The van der Waals surface area contributed by atoms with Crippen molar-refractivity contribution < 1.29 is 14.3 Å². The molecule has 0 saturated carbocycles. The zero-order chi connectivity index (χ0) is 20.5. The van der Waals surface area contributed by atoms with E-state index in [4.69, 9.17) is 27.9 Å². The Morgan fingerprint density at radius 2 is 1.76 bits per heavy atom. The van der Waals surface area contributed by atoms with Crippen molar-refractivity contribution in [2.45, 2.75) is 0 Å². The number of rotatable bonds is 4. The summed E-state index contributed by atoms with van der Waals surface area (Å²) in [7, 11) is 1.28. The third-order valence-corrected chi connectivity index (χ3v) is 5.29. The molecule has 0 N–H and O–H groups in total. The van der Waals surface area contributed by atoms with E-state index < -0.39 is 5.97 Å². The van der Waals surface area contributed by atoms with E-state index >= 15 is 0 Å². The maximum absolute atomic E-state index is 13.6. The molecule has 29 heavy (non-hydrogen) atoms. The zero-order valence-electron chi connectivity index (χ0n) is 15.2. The summed E-state index contributed by atoms with van der Waals surface area (Å²) in [4.78, 5) is 30.7. The zero-order valence-corrected chi connectivity index (χ0v) is 16.7. The van der Waals surface area contributed by atoms with E-state index in [-0.39, 0.29) is 21.9 Å². The molecule has 0 aliphatic carbocycles. The van der Waals surface area contributed by atoms with Crippen LogP contribution >= 0.6 is 23.2 Å². The first-order chi connectivity index (χ1) is 14.0. The number of hydrogen-bond acceptors (Lipinski definition) is 4. The molecule has 0 aliphatic heterocycles. The number of nitrogens with zero attached hydrogens (tertiary/aromatic N) is 2.